The molecule has 0 radical (unpaired) electrons. The van der Waals surface area contributed by atoms with Gasteiger partial charge in [0, 0.05) is 23.4 Å². The minimum atomic E-state index is -3.08. The molecule has 4 rings (SSSR count). The van der Waals surface area contributed by atoms with Crippen molar-refractivity contribution in [2.75, 3.05) is 32.0 Å². The van der Waals surface area contributed by atoms with Crippen molar-refractivity contribution >= 4 is 39.6 Å². The highest BCUT2D eigenvalue weighted by Gasteiger charge is 2.53. The van der Waals surface area contributed by atoms with Crippen LogP contribution in [-0.2, 0) is 18.0 Å². The quantitative estimate of drug-likeness (QED) is 0.0993. The highest BCUT2D eigenvalue weighted by atomic mass is 32.3. The highest BCUT2D eigenvalue weighted by Crippen LogP contribution is 2.74. The average Bonchev–Trinajstić information content (AvgIpc) is 3.41. The van der Waals surface area contributed by atoms with Gasteiger partial charge in [-0.3, -0.25) is 4.79 Å². The monoisotopic (exact) mass is 582 g/mol. The molecule has 9 heteroatoms. The Morgan fingerprint density at radius 2 is 1.46 bits per heavy atom. The van der Waals surface area contributed by atoms with E-state index >= 15 is 0 Å². The number of unbranched alkanes of at least 4 members (excludes halogenated alkanes) is 3. The van der Waals surface area contributed by atoms with Gasteiger partial charge in [0.15, 0.2) is 0 Å². The van der Waals surface area contributed by atoms with Crippen LogP contribution in [0.15, 0.2) is 52.3 Å². The molecule has 2 heterocycles. The summed E-state index contributed by atoms with van der Waals surface area (Å²) in [6, 6.07) is 12.1. The summed E-state index contributed by atoms with van der Waals surface area (Å²) in [5.41, 5.74) is 8.42. The number of carbonyl (C=O) groups excluding carboxylic acids is 3. The molecule has 2 aliphatic heterocycles. The lowest BCUT2D eigenvalue weighted by atomic mass is 9.97. The summed E-state index contributed by atoms with van der Waals surface area (Å²) in [6.45, 7) is 10.3. The lowest BCUT2D eigenvalue weighted by Crippen LogP contribution is -2.28. The van der Waals surface area contributed by atoms with Gasteiger partial charge in [0.2, 0.25) is 5.78 Å². The first-order chi connectivity index (χ1) is 19.8. The van der Waals surface area contributed by atoms with Gasteiger partial charge < -0.3 is 23.7 Å². The number of rotatable bonds is 16. The van der Waals surface area contributed by atoms with E-state index in [1.165, 1.54) is 25.7 Å². The summed E-state index contributed by atoms with van der Waals surface area (Å²) in [5.74, 6) is -1.83. The van der Waals surface area contributed by atoms with Crippen molar-refractivity contribution in [2.24, 2.45) is 0 Å². The Morgan fingerprint density at radius 3 is 2.07 bits per heavy atom. The normalized spacial score (nSPS) is 16.2. The third kappa shape index (κ3) is 6.79. The topological polar surface area (TPSA) is 108 Å². The summed E-state index contributed by atoms with van der Waals surface area (Å²) < 4.78 is 17.3. The lowest BCUT2D eigenvalue weighted by Gasteiger charge is -2.33. The second kappa shape index (κ2) is 14.0. The van der Waals surface area contributed by atoms with Gasteiger partial charge in [0.05, 0.1) is 11.5 Å². The van der Waals surface area contributed by atoms with E-state index in [-0.39, 0.29) is 10.7 Å². The third-order valence-corrected chi connectivity index (χ3v) is 10.0. The molecule has 0 bridgehead atoms. The van der Waals surface area contributed by atoms with Gasteiger partial charge in [0.1, 0.15) is 10.7 Å². The summed E-state index contributed by atoms with van der Waals surface area (Å²) in [5, 5.41) is 0. The Kier molecular flexibility index (Phi) is 10.5. The van der Waals surface area contributed by atoms with Crippen LogP contribution in [0.5, 0.6) is 5.75 Å². The maximum atomic E-state index is 14.1. The molecule has 0 aromatic heterocycles. The second-order valence-corrected chi connectivity index (χ2v) is 12.7. The van der Waals surface area contributed by atoms with E-state index in [1.54, 1.807) is 42.5 Å². The number of Topliss-reactive ketones (excluding diaryl/α,β-unsaturated/α-hetero) is 1. The molecule has 222 valence electrons. The number of carbonyl (C=O) groups is 3. The van der Waals surface area contributed by atoms with Gasteiger partial charge in [0.25, 0.3) is 0 Å². The number of ketones is 1. The highest BCUT2D eigenvalue weighted by molar-refractivity contribution is 8.31. The Balaban J connectivity index is 1.52. The van der Waals surface area contributed by atoms with Gasteiger partial charge in [-0.15, -0.1) is 0 Å². The molecule has 1 saturated heterocycles. The first-order valence-electron chi connectivity index (χ1n) is 14.8. The fourth-order valence-electron chi connectivity index (χ4n) is 5.16. The van der Waals surface area contributed by atoms with Gasteiger partial charge in [-0.2, -0.15) is 0 Å². The van der Waals surface area contributed by atoms with Crippen LogP contribution in [-0.4, -0.2) is 48.9 Å². The van der Waals surface area contributed by atoms with Crippen LogP contribution >= 0.6 is 10.6 Å². The van der Waals surface area contributed by atoms with Crippen LogP contribution in [0.3, 0.4) is 0 Å². The van der Waals surface area contributed by atoms with Crippen molar-refractivity contribution in [1.29, 1.82) is 0 Å². The fourth-order valence-corrected chi connectivity index (χ4v) is 7.93. The number of fused-ring (bicyclic) bond motifs is 2. The maximum Gasteiger partial charge on any atom is 0.442 e. The predicted molar refractivity (Wildman–Crippen MR) is 162 cm³/mol. The number of hydrogen-bond acceptors (Lipinski definition) is 8. The van der Waals surface area contributed by atoms with Gasteiger partial charge in [-0.1, -0.05) is 40.0 Å². The van der Waals surface area contributed by atoms with E-state index in [0.29, 0.717) is 46.1 Å². The van der Waals surface area contributed by atoms with E-state index in [2.05, 4.69) is 25.7 Å². The van der Waals surface area contributed by atoms with Crippen molar-refractivity contribution in [2.45, 2.75) is 77.0 Å². The zero-order chi connectivity index (χ0) is 29.4. The molecule has 2 N–H and O–H groups in total. The van der Waals surface area contributed by atoms with E-state index in [9.17, 15) is 14.4 Å². The Labute approximate surface area is 244 Å². The average molecular weight is 583 g/mol. The SMILES string of the molecule is CCCCC1=C(C(=O)c2ccc(OCCCN(CCCC)CCCC)cc2)S2(OC(=O)C(=O)O2)c2ccc(N)cc21. The number of allylic oxidation sites excluding steroid dienone is 2. The Bertz CT molecular complexity index is 1270. The Hall–Kier alpha value is -3.30. The largest absolute Gasteiger partial charge is 0.494 e. The summed E-state index contributed by atoms with van der Waals surface area (Å²) in [4.78, 5) is 41.9. The van der Waals surface area contributed by atoms with Gasteiger partial charge in [-0.25, -0.2) is 9.59 Å². The zero-order valence-corrected chi connectivity index (χ0v) is 25.2. The molecule has 0 saturated carbocycles. The van der Waals surface area contributed by atoms with Crippen LogP contribution in [0.1, 0.15) is 88.1 Å². The first-order valence-corrected chi connectivity index (χ1v) is 16.3. The molecule has 0 aliphatic carbocycles. The van der Waals surface area contributed by atoms with Crippen molar-refractivity contribution < 1.29 is 27.5 Å². The van der Waals surface area contributed by atoms with Gasteiger partial charge in [-0.05, 0) is 104 Å². The minimum Gasteiger partial charge on any atom is -0.494 e. The molecule has 8 nitrogen and oxygen atoms in total. The summed E-state index contributed by atoms with van der Waals surface area (Å²) >= 11 is 0. The first kappa shape index (κ1) is 30.7. The molecule has 0 unspecified atom stereocenters. The zero-order valence-electron chi connectivity index (χ0n) is 24.4. The molecule has 41 heavy (non-hydrogen) atoms. The molecule has 0 atom stereocenters. The molecule has 1 fully saturated rings. The second-order valence-electron chi connectivity index (χ2n) is 10.5. The van der Waals surface area contributed by atoms with Gasteiger partial charge >= 0.3 is 11.9 Å². The van der Waals surface area contributed by atoms with Crippen molar-refractivity contribution in [3.8, 4) is 5.75 Å². The van der Waals surface area contributed by atoms with E-state index in [1.807, 2.05) is 0 Å². The number of nitrogen functional groups attached to an aromatic ring is 1. The molecule has 1 spiro atoms. The molecule has 0 amide bonds. The number of anilines is 1. The van der Waals surface area contributed by atoms with Crippen LogP contribution in [0.2, 0.25) is 0 Å². The number of nitrogens with two attached hydrogens (primary N) is 1. The van der Waals surface area contributed by atoms with Crippen LogP contribution < -0.4 is 10.5 Å². The molecular formula is C32H42N2O6S. The van der Waals surface area contributed by atoms with E-state index in [0.717, 1.165) is 38.9 Å². The standard InChI is InChI=1S/C32H42N2O6S/c1-4-7-11-26-27-22-24(33)14-17-28(27)41(39-31(36)32(37)40-41)30(26)29(35)23-12-15-25(16-13-23)38-21-10-20-34(18-8-5-2)19-9-6-3/h12-17,22H,4-11,18-21,33H2,1-3H3. The smallest absolute Gasteiger partial charge is 0.442 e. The summed E-state index contributed by atoms with van der Waals surface area (Å²) in [6.07, 6.45) is 7.97. The molecule has 2 aromatic rings. The predicted octanol–water partition coefficient (Wildman–Crippen LogP) is 6.83. The summed E-state index contributed by atoms with van der Waals surface area (Å²) in [7, 11) is -3.08. The fraction of sp³-hybridized carbons (Fsp3) is 0.469. The Morgan fingerprint density at radius 1 is 0.854 bits per heavy atom. The number of hydrogen-bond donors (Lipinski definition) is 1. The van der Waals surface area contributed by atoms with Crippen molar-refractivity contribution in [3.05, 3.63) is 58.5 Å². The maximum absolute atomic E-state index is 14.1. The van der Waals surface area contributed by atoms with Crippen LogP contribution in [0.25, 0.3) is 5.57 Å². The van der Waals surface area contributed by atoms with Crippen molar-refractivity contribution in [3.63, 3.8) is 0 Å². The minimum absolute atomic E-state index is 0.235. The molecule has 2 aromatic carbocycles. The number of benzene rings is 2. The number of ether oxygens (including phenoxy) is 1. The lowest BCUT2D eigenvalue weighted by molar-refractivity contribution is -0.150. The number of nitrogens with zero attached hydrogens (tertiary/aromatic N) is 1. The van der Waals surface area contributed by atoms with Crippen LogP contribution in [0, 0.1) is 0 Å². The molecular weight excluding hydrogens is 540 g/mol. The van der Waals surface area contributed by atoms with E-state index < -0.39 is 22.5 Å². The van der Waals surface area contributed by atoms with Crippen LogP contribution in [0.4, 0.5) is 5.69 Å². The third-order valence-electron chi connectivity index (χ3n) is 7.36. The van der Waals surface area contributed by atoms with E-state index in [4.69, 9.17) is 18.8 Å². The molecule has 2 aliphatic rings. The van der Waals surface area contributed by atoms with Crippen molar-refractivity contribution in [1.82, 2.24) is 4.90 Å².